The van der Waals surface area contributed by atoms with Crippen LogP contribution < -0.4 is 5.73 Å². The van der Waals surface area contributed by atoms with E-state index in [9.17, 15) is 10.2 Å². The van der Waals surface area contributed by atoms with Crippen LogP contribution in [0, 0.1) is 17.3 Å². The number of aliphatic hydroxyl groups excluding tert-OH is 2. The summed E-state index contributed by atoms with van der Waals surface area (Å²) >= 11 is 0. The van der Waals surface area contributed by atoms with Crippen LogP contribution in [-0.2, 0) is 0 Å². The van der Waals surface area contributed by atoms with Crippen LogP contribution in [0.3, 0.4) is 0 Å². The topological polar surface area (TPSA) is 69.7 Å². The molecule has 0 radical (unpaired) electrons. The van der Waals surface area contributed by atoms with E-state index in [1.807, 2.05) is 0 Å². The minimum absolute atomic E-state index is 0.370. The lowest BCUT2D eigenvalue weighted by Gasteiger charge is -2.46. The Hall–Kier alpha value is -0.160. The second-order valence-electron chi connectivity index (χ2n) is 7.50. The fourth-order valence-electron chi connectivity index (χ4n) is 4.00. The second-order valence-corrected chi connectivity index (χ2v) is 7.50. The summed E-state index contributed by atoms with van der Waals surface area (Å²) < 4.78 is 0. The van der Waals surface area contributed by atoms with Crippen molar-refractivity contribution in [1.29, 1.82) is 0 Å². The van der Waals surface area contributed by atoms with Crippen molar-refractivity contribution in [3.05, 3.63) is 0 Å². The molecule has 2 fully saturated rings. The first-order valence-electron chi connectivity index (χ1n) is 8.19. The first-order valence-corrected chi connectivity index (χ1v) is 8.19. The Kier molecular flexibility index (Phi) is 5.11. The van der Waals surface area contributed by atoms with Gasteiger partial charge in [-0.15, -0.1) is 0 Å². The number of nitrogens with two attached hydrogens (primary N) is 1. The Labute approximate surface area is 123 Å². The minimum Gasteiger partial charge on any atom is -0.389 e. The van der Waals surface area contributed by atoms with Crippen LogP contribution in [0.2, 0.25) is 0 Å². The van der Waals surface area contributed by atoms with Gasteiger partial charge in [-0.2, -0.15) is 0 Å². The van der Waals surface area contributed by atoms with Crippen molar-refractivity contribution in [2.45, 2.75) is 64.7 Å². The van der Waals surface area contributed by atoms with Crippen LogP contribution in [0.5, 0.6) is 0 Å². The standard InChI is InChI=1S/C16H32N2O2/c1-4-16(2,3)12-6-5-11(8-17)13(7-12)18-9-14(19)15(20)10-18/h11-15,19-20H,4-10,17H2,1-3H3. The summed E-state index contributed by atoms with van der Waals surface area (Å²) in [5, 5.41) is 19.6. The zero-order valence-corrected chi connectivity index (χ0v) is 13.3. The van der Waals surface area contributed by atoms with E-state index < -0.39 is 12.2 Å². The summed E-state index contributed by atoms with van der Waals surface area (Å²) in [7, 11) is 0. The van der Waals surface area contributed by atoms with Crippen LogP contribution in [0.15, 0.2) is 0 Å². The van der Waals surface area contributed by atoms with E-state index in [1.54, 1.807) is 0 Å². The maximum absolute atomic E-state index is 9.81. The van der Waals surface area contributed by atoms with E-state index in [4.69, 9.17) is 5.73 Å². The van der Waals surface area contributed by atoms with Gasteiger partial charge in [0.25, 0.3) is 0 Å². The number of likely N-dealkylation sites (tertiary alicyclic amines) is 1. The second kappa shape index (κ2) is 6.30. The third-order valence-electron chi connectivity index (χ3n) is 6.03. The molecule has 1 heterocycles. The number of β-amino-alcohol motifs (C(OH)–C–C–N with tert-alkyl or cyclic N) is 2. The normalized spacial score (nSPS) is 40.2. The highest BCUT2D eigenvalue weighted by atomic mass is 16.3. The average molecular weight is 284 g/mol. The molecule has 0 bridgehead atoms. The third kappa shape index (κ3) is 3.19. The lowest BCUT2D eigenvalue weighted by Crippen LogP contribution is -2.48. The molecule has 4 heteroatoms. The number of nitrogens with zero attached hydrogens (tertiary/aromatic N) is 1. The first-order chi connectivity index (χ1) is 9.39. The molecule has 20 heavy (non-hydrogen) atoms. The van der Waals surface area contributed by atoms with Gasteiger partial charge in [0.15, 0.2) is 0 Å². The highest BCUT2D eigenvalue weighted by molar-refractivity contribution is 4.96. The van der Waals surface area contributed by atoms with Gasteiger partial charge in [0.2, 0.25) is 0 Å². The van der Waals surface area contributed by atoms with E-state index >= 15 is 0 Å². The number of rotatable bonds is 4. The molecule has 4 N–H and O–H groups in total. The number of aliphatic hydroxyl groups is 2. The van der Waals surface area contributed by atoms with Gasteiger partial charge in [-0.25, -0.2) is 0 Å². The molecule has 5 unspecified atom stereocenters. The highest BCUT2D eigenvalue weighted by Crippen LogP contribution is 2.43. The van der Waals surface area contributed by atoms with E-state index in [0.29, 0.717) is 37.0 Å². The Bertz CT molecular complexity index is 312. The molecule has 0 aromatic heterocycles. The Balaban J connectivity index is 2.07. The van der Waals surface area contributed by atoms with E-state index in [-0.39, 0.29) is 0 Å². The van der Waals surface area contributed by atoms with Crippen molar-refractivity contribution in [2.75, 3.05) is 19.6 Å². The molecule has 0 amide bonds. The number of hydrogen-bond donors (Lipinski definition) is 3. The molecule has 2 rings (SSSR count). The van der Waals surface area contributed by atoms with Gasteiger partial charge in [-0.3, -0.25) is 4.90 Å². The summed E-state index contributed by atoms with van der Waals surface area (Å²) in [6, 6.07) is 0.427. The van der Waals surface area contributed by atoms with E-state index in [0.717, 1.165) is 12.3 Å². The van der Waals surface area contributed by atoms with Gasteiger partial charge in [0.1, 0.15) is 0 Å². The summed E-state index contributed by atoms with van der Waals surface area (Å²) in [4.78, 5) is 2.28. The molecule has 118 valence electrons. The van der Waals surface area contributed by atoms with Gasteiger partial charge in [0.05, 0.1) is 12.2 Å². The monoisotopic (exact) mass is 284 g/mol. The summed E-state index contributed by atoms with van der Waals surface area (Å²) in [6.07, 6.45) is 3.61. The van der Waals surface area contributed by atoms with Gasteiger partial charge in [-0.1, -0.05) is 27.2 Å². The van der Waals surface area contributed by atoms with Crippen LogP contribution >= 0.6 is 0 Å². The zero-order chi connectivity index (χ0) is 14.9. The zero-order valence-electron chi connectivity index (χ0n) is 13.3. The van der Waals surface area contributed by atoms with Crippen molar-refractivity contribution < 1.29 is 10.2 Å². The predicted molar refractivity (Wildman–Crippen MR) is 81.3 cm³/mol. The molecule has 0 spiro atoms. The van der Waals surface area contributed by atoms with E-state index in [2.05, 4.69) is 25.7 Å². The largest absolute Gasteiger partial charge is 0.389 e. The van der Waals surface area contributed by atoms with Crippen molar-refractivity contribution >= 4 is 0 Å². The molecule has 1 aliphatic carbocycles. The van der Waals surface area contributed by atoms with Crippen LogP contribution in [0.1, 0.15) is 46.5 Å². The summed E-state index contributed by atoms with van der Waals surface area (Å²) in [6.45, 7) is 8.92. The molecule has 4 nitrogen and oxygen atoms in total. The van der Waals surface area contributed by atoms with Crippen molar-refractivity contribution in [3.63, 3.8) is 0 Å². The first kappa shape index (κ1) is 16.2. The Morgan fingerprint density at radius 3 is 2.25 bits per heavy atom. The lowest BCUT2D eigenvalue weighted by atomic mass is 9.65. The van der Waals surface area contributed by atoms with Gasteiger partial charge < -0.3 is 15.9 Å². The fourth-order valence-corrected chi connectivity index (χ4v) is 4.00. The molecule has 1 saturated carbocycles. The van der Waals surface area contributed by atoms with Gasteiger partial charge in [0, 0.05) is 19.1 Å². The van der Waals surface area contributed by atoms with Crippen LogP contribution in [-0.4, -0.2) is 53.0 Å². The molecular formula is C16H32N2O2. The average Bonchev–Trinajstić information content (AvgIpc) is 2.77. The van der Waals surface area contributed by atoms with Crippen LogP contribution in [0.4, 0.5) is 0 Å². The summed E-state index contributed by atoms with van der Waals surface area (Å²) in [5.74, 6) is 1.23. The molecule has 1 aliphatic heterocycles. The quantitative estimate of drug-likeness (QED) is 0.725. The van der Waals surface area contributed by atoms with Crippen molar-refractivity contribution in [2.24, 2.45) is 23.0 Å². The maximum Gasteiger partial charge on any atom is 0.0938 e. The predicted octanol–water partition coefficient (Wildman–Crippen LogP) is 1.20. The molecule has 0 aromatic carbocycles. The molecule has 0 aromatic rings. The third-order valence-corrected chi connectivity index (χ3v) is 6.03. The molecule has 2 aliphatic rings. The van der Waals surface area contributed by atoms with Crippen molar-refractivity contribution in [3.8, 4) is 0 Å². The van der Waals surface area contributed by atoms with Gasteiger partial charge >= 0.3 is 0 Å². The van der Waals surface area contributed by atoms with Crippen LogP contribution in [0.25, 0.3) is 0 Å². The highest BCUT2D eigenvalue weighted by Gasteiger charge is 2.42. The smallest absolute Gasteiger partial charge is 0.0938 e. The lowest BCUT2D eigenvalue weighted by molar-refractivity contribution is 0.0420. The fraction of sp³-hybridized carbons (Fsp3) is 1.00. The SMILES string of the molecule is CCC(C)(C)C1CCC(CN)C(N2CC(O)C(O)C2)C1. The Morgan fingerprint density at radius 2 is 1.75 bits per heavy atom. The van der Waals surface area contributed by atoms with E-state index in [1.165, 1.54) is 19.3 Å². The molecule has 1 saturated heterocycles. The summed E-state index contributed by atoms with van der Waals surface area (Å²) in [5.41, 5.74) is 6.34. The van der Waals surface area contributed by atoms with Crippen molar-refractivity contribution in [1.82, 2.24) is 4.90 Å². The number of hydrogen-bond acceptors (Lipinski definition) is 4. The Morgan fingerprint density at radius 1 is 1.15 bits per heavy atom. The van der Waals surface area contributed by atoms with Gasteiger partial charge in [-0.05, 0) is 43.1 Å². The molecular weight excluding hydrogens is 252 g/mol. The minimum atomic E-state index is -0.590. The molecule has 5 atom stereocenters. The maximum atomic E-state index is 9.81.